The summed E-state index contributed by atoms with van der Waals surface area (Å²) in [5.74, 6) is 0.0458. The molecule has 0 spiro atoms. The number of hydrogen-bond donors (Lipinski definition) is 0. The molecule has 0 aliphatic heterocycles. The second-order valence-corrected chi connectivity index (χ2v) is 5.05. The van der Waals surface area contributed by atoms with Gasteiger partial charge in [0, 0.05) is 29.4 Å². The molecule has 2 aromatic rings. The van der Waals surface area contributed by atoms with Gasteiger partial charge in [0.25, 0.3) is 0 Å². The number of ether oxygens (including phenoxy) is 1. The average Bonchev–Trinajstić information content (AvgIpc) is 2.74. The number of hydrogen-bond acceptors (Lipinski definition) is 3. The molecule has 1 aromatic carbocycles. The maximum Gasteiger partial charge on any atom is 0.325 e. The smallest absolute Gasteiger partial charge is 0.325 e. The lowest BCUT2D eigenvalue weighted by atomic mass is 9.94. The SMILES string of the molecule is CCOC(=O)Cn1c2c(c3ccccc31)CC(=O)CC2. The predicted molar refractivity (Wildman–Crippen MR) is 75.6 cm³/mol. The molecule has 4 nitrogen and oxygen atoms in total. The largest absolute Gasteiger partial charge is 0.465 e. The minimum atomic E-state index is -0.229. The van der Waals surface area contributed by atoms with Crippen molar-refractivity contribution in [1.29, 1.82) is 0 Å². The first-order valence-electron chi connectivity index (χ1n) is 6.97. The van der Waals surface area contributed by atoms with Crippen molar-refractivity contribution in [1.82, 2.24) is 4.57 Å². The first kappa shape index (κ1) is 12.9. The van der Waals surface area contributed by atoms with Crippen molar-refractivity contribution in [3.8, 4) is 0 Å². The molecule has 3 rings (SSSR count). The van der Waals surface area contributed by atoms with Gasteiger partial charge in [-0.25, -0.2) is 0 Å². The molecule has 1 heterocycles. The van der Waals surface area contributed by atoms with Crippen molar-refractivity contribution in [3.63, 3.8) is 0 Å². The number of fused-ring (bicyclic) bond motifs is 3. The maximum absolute atomic E-state index is 11.8. The third-order valence-electron chi connectivity index (χ3n) is 3.80. The number of rotatable bonds is 3. The number of carbonyl (C=O) groups excluding carboxylic acids is 2. The number of esters is 1. The minimum absolute atomic E-state index is 0.220. The number of ketones is 1. The number of benzene rings is 1. The second-order valence-electron chi connectivity index (χ2n) is 5.05. The molecule has 4 heteroatoms. The van der Waals surface area contributed by atoms with Gasteiger partial charge in [0.1, 0.15) is 12.3 Å². The topological polar surface area (TPSA) is 48.3 Å². The molecule has 0 unspecified atom stereocenters. The quantitative estimate of drug-likeness (QED) is 0.805. The van der Waals surface area contributed by atoms with E-state index in [0.717, 1.165) is 22.2 Å². The molecular weight excluding hydrogens is 254 g/mol. The van der Waals surface area contributed by atoms with Crippen molar-refractivity contribution in [2.75, 3.05) is 6.61 Å². The zero-order valence-corrected chi connectivity index (χ0v) is 11.5. The highest BCUT2D eigenvalue weighted by Crippen LogP contribution is 2.31. The summed E-state index contributed by atoms with van der Waals surface area (Å²) in [4.78, 5) is 23.5. The van der Waals surface area contributed by atoms with E-state index >= 15 is 0 Å². The van der Waals surface area contributed by atoms with Crippen LogP contribution in [0.4, 0.5) is 0 Å². The van der Waals surface area contributed by atoms with Crippen LogP contribution in [0.1, 0.15) is 24.6 Å². The summed E-state index contributed by atoms with van der Waals surface area (Å²) in [5.41, 5.74) is 3.21. The highest BCUT2D eigenvalue weighted by Gasteiger charge is 2.24. The Morgan fingerprint density at radius 1 is 1.30 bits per heavy atom. The summed E-state index contributed by atoms with van der Waals surface area (Å²) >= 11 is 0. The molecule has 0 radical (unpaired) electrons. The number of carbonyl (C=O) groups is 2. The predicted octanol–water partition coefficient (Wildman–Crippen LogP) is 2.26. The van der Waals surface area contributed by atoms with Gasteiger partial charge in [0.15, 0.2) is 0 Å². The second kappa shape index (κ2) is 5.12. The van der Waals surface area contributed by atoms with Crippen LogP contribution in [0.25, 0.3) is 10.9 Å². The molecule has 0 amide bonds. The lowest BCUT2D eigenvalue weighted by Gasteiger charge is -2.15. The van der Waals surface area contributed by atoms with E-state index in [-0.39, 0.29) is 18.3 Å². The van der Waals surface area contributed by atoms with Crippen LogP contribution < -0.4 is 0 Å². The Bertz CT molecular complexity index is 684. The Morgan fingerprint density at radius 2 is 2.10 bits per heavy atom. The molecule has 0 bridgehead atoms. The molecule has 104 valence electrons. The first-order valence-corrected chi connectivity index (χ1v) is 6.97. The summed E-state index contributed by atoms with van der Waals surface area (Å²) in [5, 5.41) is 1.08. The number of aromatic nitrogens is 1. The fourth-order valence-electron chi connectivity index (χ4n) is 2.97. The molecule has 0 atom stereocenters. The van der Waals surface area contributed by atoms with Crippen LogP contribution >= 0.6 is 0 Å². The van der Waals surface area contributed by atoms with Gasteiger partial charge in [-0.05, 0) is 25.0 Å². The number of nitrogens with zero attached hydrogens (tertiary/aromatic N) is 1. The van der Waals surface area contributed by atoms with Gasteiger partial charge < -0.3 is 9.30 Å². The van der Waals surface area contributed by atoms with E-state index in [1.165, 1.54) is 0 Å². The average molecular weight is 271 g/mol. The summed E-state index contributed by atoms with van der Waals surface area (Å²) in [7, 11) is 0. The summed E-state index contributed by atoms with van der Waals surface area (Å²) in [6.45, 7) is 2.41. The van der Waals surface area contributed by atoms with Gasteiger partial charge in [-0.3, -0.25) is 9.59 Å². The highest BCUT2D eigenvalue weighted by atomic mass is 16.5. The zero-order valence-electron chi connectivity index (χ0n) is 11.5. The fourth-order valence-corrected chi connectivity index (χ4v) is 2.97. The highest BCUT2D eigenvalue weighted by molar-refractivity contribution is 5.94. The van der Waals surface area contributed by atoms with E-state index in [1.54, 1.807) is 6.92 Å². The van der Waals surface area contributed by atoms with E-state index in [2.05, 4.69) is 0 Å². The van der Waals surface area contributed by atoms with E-state index in [0.29, 0.717) is 25.9 Å². The Balaban J connectivity index is 2.11. The molecule has 0 saturated heterocycles. The molecular formula is C16H17NO3. The number of Topliss-reactive ketones (excluding diaryl/α,β-unsaturated/α-hetero) is 1. The van der Waals surface area contributed by atoms with Crippen LogP contribution in [0.3, 0.4) is 0 Å². The van der Waals surface area contributed by atoms with E-state index in [4.69, 9.17) is 4.74 Å². The lowest BCUT2D eigenvalue weighted by Crippen LogP contribution is -2.19. The van der Waals surface area contributed by atoms with Crippen LogP contribution in [-0.2, 0) is 33.7 Å². The Hall–Kier alpha value is -2.10. The minimum Gasteiger partial charge on any atom is -0.465 e. The standard InChI is InChI=1S/C16H17NO3/c1-2-20-16(19)10-17-14-6-4-3-5-12(14)13-9-11(18)7-8-15(13)17/h3-6H,2,7-10H2,1H3. The Labute approximate surface area is 117 Å². The van der Waals surface area contributed by atoms with Crippen LogP contribution in [0.15, 0.2) is 24.3 Å². The van der Waals surface area contributed by atoms with E-state index in [9.17, 15) is 9.59 Å². The van der Waals surface area contributed by atoms with Gasteiger partial charge >= 0.3 is 5.97 Å². The third kappa shape index (κ3) is 2.11. The zero-order chi connectivity index (χ0) is 14.1. The van der Waals surface area contributed by atoms with Crippen molar-refractivity contribution in [3.05, 3.63) is 35.5 Å². The Kier molecular flexibility index (Phi) is 3.30. The van der Waals surface area contributed by atoms with Gasteiger partial charge in [-0.15, -0.1) is 0 Å². The van der Waals surface area contributed by atoms with Crippen LogP contribution in [0.2, 0.25) is 0 Å². The summed E-state index contributed by atoms with van der Waals surface area (Å²) in [6, 6.07) is 7.94. The van der Waals surface area contributed by atoms with Crippen molar-refractivity contribution >= 4 is 22.7 Å². The summed E-state index contributed by atoms with van der Waals surface area (Å²) in [6.07, 6.45) is 1.75. The molecule has 1 aliphatic carbocycles. The van der Waals surface area contributed by atoms with Gasteiger partial charge in [0.05, 0.1) is 6.61 Å². The van der Waals surface area contributed by atoms with Crippen molar-refractivity contribution in [2.45, 2.75) is 32.7 Å². The van der Waals surface area contributed by atoms with Gasteiger partial charge in [-0.2, -0.15) is 0 Å². The maximum atomic E-state index is 11.8. The van der Waals surface area contributed by atoms with Gasteiger partial charge in [-0.1, -0.05) is 18.2 Å². The monoisotopic (exact) mass is 271 g/mol. The van der Waals surface area contributed by atoms with Crippen LogP contribution in [0, 0.1) is 0 Å². The first-order chi connectivity index (χ1) is 9.70. The Morgan fingerprint density at radius 3 is 2.90 bits per heavy atom. The van der Waals surface area contributed by atoms with E-state index in [1.807, 2.05) is 28.8 Å². The molecule has 20 heavy (non-hydrogen) atoms. The van der Waals surface area contributed by atoms with Crippen LogP contribution in [-0.4, -0.2) is 22.9 Å². The lowest BCUT2D eigenvalue weighted by molar-refractivity contribution is -0.143. The van der Waals surface area contributed by atoms with E-state index < -0.39 is 0 Å². The fraction of sp³-hybridized carbons (Fsp3) is 0.375. The normalized spacial score (nSPS) is 14.3. The van der Waals surface area contributed by atoms with Crippen molar-refractivity contribution in [2.24, 2.45) is 0 Å². The van der Waals surface area contributed by atoms with Crippen LogP contribution in [0.5, 0.6) is 0 Å². The van der Waals surface area contributed by atoms with Crippen molar-refractivity contribution < 1.29 is 14.3 Å². The summed E-state index contributed by atoms with van der Waals surface area (Å²) < 4.78 is 7.06. The third-order valence-corrected chi connectivity index (χ3v) is 3.80. The van der Waals surface area contributed by atoms with Gasteiger partial charge in [0.2, 0.25) is 0 Å². The number of para-hydroxylation sites is 1. The molecule has 1 aromatic heterocycles. The molecule has 0 saturated carbocycles. The molecule has 0 fully saturated rings. The molecule has 1 aliphatic rings. The molecule has 0 N–H and O–H groups in total.